The number of nitrogens with one attached hydrogen (secondary N) is 1. The van der Waals surface area contributed by atoms with Crippen LogP contribution in [0.1, 0.15) is 117 Å². The van der Waals surface area contributed by atoms with Gasteiger partial charge in [-0.1, -0.05) is 97.3 Å². The number of amides is 1. The monoisotopic (exact) mass is 369 g/mol. The zero-order valence-corrected chi connectivity index (χ0v) is 17.5. The SMILES string of the molecule is CCCCCCCCCCCC(=O)NCC(=O)OCCCCCCCC. The molecule has 0 bridgehead atoms. The maximum Gasteiger partial charge on any atom is 0.325 e. The average Bonchev–Trinajstić information content (AvgIpc) is 2.64. The van der Waals surface area contributed by atoms with Gasteiger partial charge < -0.3 is 10.1 Å². The minimum absolute atomic E-state index is 0.00605. The minimum atomic E-state index is -0.320. The van der Waals surface area contributed by atoms with Crippen LogP contribution < -0.4 is 5.32 Å². The Morgan fingerprint density at radius 3 is 1.65 bits per heavy atom. The Morgan fingerprint density at radius 2 is 1.12 bits per heavy atom. The number of ether oxygens (including phenoxy) is 1. The molecule has 0 spiro atoms. The molecule has 0 aromatic rings. The van der Waals surface area contributed by atoms with E-state index in [-0.39, 0.29) is 18.4 Å². The van der Waals surface area contributed by atoms with Crippen LogP contribution in [0.15, 0.2) is 0 Å². The zero-order chi connectivity index (χ0) is 19.3. The van der Waals surface area contributed by atoms with Crippen molar-refractivity contribution in [3.8, 4) is 0 Å². The Balaban J connectivity index is 3.32. The Morgan fingerprint density at radius 1 is 0.654 bits per heavy atom. The van der Waals surface area contributed by atoms with Gasteiger partial charge in [-0.05, 0) is 12.8 Å². The van der Waals surface area contributed by atoms with Crippen molar-refractivity contribution in [3.63, 3.8) is 0 Å². The third kappa shape index (κ3) is 19.3. The number of rotatable bonds is 19. The van der Waals surface area contributed by atoms with E-state index >= 15 is 0 Å². The lowest BCUT2D eigenvalue weighted by atomic mass is 10.1. The van der Waals surface area contributed by atoms with Gasteiger partial charge in [0, 0.05) is 6.42 Å². The predicted octanol–water partition coefficient (Wildman–Crippen LogP) is 5.93. The second kappa shape index (κ2) is 20.3. The summed E-state index contributed by atoms with van der Waals surface area (Å²) in [7, 11) is 0. The molecule has 4 nitrogen and oxygen atoms in total. The van der Waals surface area contributed by atoms with Gasteiger partial charge >= 0.3 is 5.97 Å². The van der Waals surface area contributed by atoms with E-state index < -0.39 is 0 Å². The topological polar surface area (TPSA) is 55.4 Å². The Labute approximate surface area is 161 Å². The summed E-state index contributed by atoms with van der Waals surface area (Å²) in [5.41, 5.74) is 0. The smallest absolute Gasteiger partial charge is 0.325 e. The normalized spacial score (nSPS) is 10.7. The predicted molar refractivity (Wildman–Crippen MR) is 109 cm³/mol. The first kappa shape index (κ1) is 24.9. The van der Waals surface area contributed by atoms with Crippen LogP contribution in [-0.4, -0.2) is 25.0 Å². The first-order valence-corrected chi connectivity index (χ1v) is 11.1. The van der Waals surface area contributed by atoms with Crippen LogP contribution in [-0.2, 0) is 14.3 Å². The lowest BCUT2D eigenvalue weighted by Gasteiger charge is -2.07. The molecule has 154 valence electrons. The van der Waals surface area contributed by atoms with Crippen LogP contribution in [0.5, 0.6) is 0 Å². The molecule has 0 heterocycles. The van der Waals surface area contributed by atoms with E-state index in [0.717, 1.165) is 25.7 Å². The van der Waals surface area contributed by atoms with Crippen LogP contribution in [0, 0.1) is 0 Å². The van der Waals surface area contributed by atoms with Gasteiger partial charge in [-0.25, -0.2) is 0 Å². The van der Waals surface area contributed by atoms with E-state index in [1.807, 2.05) is 0 Å². The molecule has 0 aromatic heterocycles. The van der Waals surface area contributed by atoms with E-state index in [4.69, 9.17) is 4.74 Å². The van der Waals surface area contributed by atoms with Gasteiger partial charge in [-0.2, -0.15) is 0 Å². The highest BCUT2D eigenvalue weighted by Gasteiger charge is 2.06. The molecule has 0 saturated heterocycles. The molecular formula is C22H43NO3. The second-order valence-corrected chi connectivity index (χ2v) is 7.34. The van der Waals surface area contributed by atoms with Crippen LogP contribution >= 0.6 is 0 Å². The van der Waals surface area contributed by atoms with Gasteiger partial charge in [-0.3, -0.25) is 9.59 Å². The van der Waals surface area contributed by atoms with Gasteiger partial charge in [0.25, 0.3) is 0 Å². The van der Waals surface area contributed by atoms with Gasteiger partial charge in [0.05, 0.1) is 6.61 Å². The summed E-state index contributed by atoms with van der Waals surface area (Å²) < 4.78 is 5.14. The highest BCUT2D eigenvalue weighted by atomic mass is 16.5. The minimum Gasteiger partial charge on any atom is -0.464 e. The quantitative estimate of drug-likeness (QED) is 0.227. The van der Waals surface area contributed by atoms with E-state index in [1.165, 1.54) is 70.6 Å². The molecule has 0 radical (unpaired) electrons. The van der Waals surface area contributed by atoms with Gasteiger partial charge in [0.15, 0.2) is 0 Å². The van der Waals surface area contributed by atoms with Crippen molar-refractivity contribution in [2.24, 2.45) is 0 Å². The first-order chi connectivity index (χ1) is 12.7. The molecule has 1 amide bonds. The number of esters is 1. The van der Waals surface area contributed by atoms with E-state index in [1.54, 1.807) is 0 Å². The van der Waals surface area contributed by atoms with Crippen LogP contribution in [0.2, 0.25) is 0 Å². The lowest BCUT2D eigenvalue weighted by molar-refractivity contribution is -0.144. The van der Waals surface area contributed by atoms with Crippen molar-refractivity contribution >= 4 is 11.9 Å². The van der Waals surface area contributed by atoms with Crippen molar-refractivity contribution in [3.05, 3.63) is 0 Å². The van der Waals surface area contributed by atoms with Crippen molar-refractivity contribution < 1.29 is 14.3 Å². The maximum atomic E-state index is 11.7. The fraction of sp³-hybridized carbons (Fsp3) is 0.909. The maximum absolute atomic E-state index is 11.7. The largest absolute Gasteiger partial charge is 0.464 e. The molecule has 0 rings (SSSR count). The van der Waals surface area contributed by atoms with Crippen molar-refractivity contribution in [2.75, 3.05) is 13.2 Å². The molecule has 0 aliphatic rings. The van der Waals surface area contributed by atoms with Crippen molar-refractivity contribution in [1.29, 1.82) is 0 Å². The third-order valence-corrected chi connectivity index (χ3v) is 4.70. The second-order valence-electron chi connectivity index (χ2n) is 7.34. The van der Waals surface area contributed by atoms with E-state index in [9.17, 15) is 9.59 Å². The Bertz CT molecular complexity index is 331. The molecule has 0 aliphatic heterocycles. The molecule has 0 atom stereocenters. The number of unbranched alkanes of at least 4 members (excludes halogenated alkanes) is 13. The lowest BCUT2D eigenvalue weighted by Crippen LogP contribution is -2.30. The van der Waals surface area contributed by atoms with Gasteiger partial charge in [0.1, 0.15) is 6.54 Å². The van der Waals surface area contributed by atoms with Crippen molar-refractivity contribution in [2.45, 2.75) is 117 Å². The molecule has 1 N–H and O–H groups in total. The summed E-state index contributed by atoms with van der Waals surface area (Å²) in [6.45, 7) is 4.91. The Kier molecular flexibility index (Phi) is 19.4. The molecule has 0 aliphatic carbocycles. The molecule has 4 heteroatoms. The summed E-state index contributed by atoms with van der Waals surface area (Å²) >= 11 is 0. The highest BCUT2D eigenvalue weighted by Crippen LogP contribution is 2.10. The summed E-state index contributed by atoms with van der Waals surface area (Å²) in [6, 6.07) is 0. The molecule has 26 heavy (non-hydrogen) atoms. The first-order valence-electron chi connectivity index (χ1n) is 11.1. The van der Waals surface area contributed by atoms with Gasteiger partial charge in [-0.15, -0.1) is 0 Å². The molecule has 0 saturated carbocycles. The highest BCUT2D eigenvalue weighted by molar-refractivity contribution is 5.81. The molecule has 0 aromatic carbocycles. The van der Waals surface area contributed by atoms with Crippen molar-refractivity contribution in [1.82, 2.24) is 5.32 Å². The number of hydrogen-bond acceptors (Lipinski definition) is 3. The van der Waals surface area contributed by atoms with Gasteiger partial charge in [0.2, 0.25) is 5.91 Å². The average molecular weight is 370 g/mol. The summed E-state index contributed by atoms with van der Waals surface area (Å²) in [4.78, 5) is 23.3. The summed E-state index contributed by atoms with van der Waals surface area (Å²) in [5.74, 6) is -0.358. The standard InChI is InChI=1S/C22H43NO3/c1-3-5-7-9-11-12-13-14-16-18-21(24)23-20-22(25)26-19-17-15-10-8-6-4-2/h3-20H2,1-2H3,(H,23,24). The number of hydrogen-bond donors (Lipinski definition) is 1. The molecule has 0 unspecified atom stereocenters. The fourth-order valence-corrected chi connectivity index (χ4v) is 2.97. The van der Waals surface area contributed by atoms with Crippen LogP contribution in [0.3, 0.4) is 0 Å². The summed E-state index contributed by atoms with van der Waals surface area (Å²) in [5, 5.41) is 2.66. The van der Waals surface area contributed by atoms with E-state index in [2.05, 4.69) is 19.2 Å². The third-order valence-electron chi connectivity index (χ3n) is 4.70. The summed E-state index contributed by atoms with van der Waals surface area (Å²) in [6.07, 6.45) is 18.7. The zero-order valence-electron chi connectivity index (χ0n) is 17.5. The van der Waals surface area contributed by atoms with Crippen LogP contribution in [0.25, 0.3) is 0 Å². The number of carbonyl (C=O) groups excluding carboxylic acids is 2. The van der Waals surface area contributed by atoms with E-state index in [0.29, 0.717) is 13.0 Å². The number of carbonyl (C=O) groups is 2. The fourth-order valence-electron chi connectivity index (χ4n) is 2.97. The molecule has 0 fully saturated rings. The Hall–Kier alpha value is -1.06. The molecular weight excluding hydrogens is 326 g/mol. The van der Waals surface area contributed by atoms with Crippen LogP contribution in [0.4, 0.5) is 0 Å².